The number of nitrogens with zero attached hydrogens (tertiary/aromatic N) is 1. The number of fused-ring (bicyclic) bond motifs is 1. The normalized spacial score (nSPS) is 12.6. The van der Waals surface area contributed by atoms with Crippen LogP contribution in [-0.2, 0) is 6.54 Å². The summed E-state index contributed by atoms with van der Waals surface area (Å²) in [5.41, 5.74) is 0.722. The second-order valence-electron chi connectivity index (χ2n) is 4.89. The standard InChI is InChI=1S/C13H14F4N2OS/c1-7(2)20-9-5-3-4-8-10(9)18-12(21)19(8)6-13(16,17)11(14)15/h3-5,7,11H,6H2,1-2H3,(H,18,21). The van der Waals surface area contributed by atoms with E-state index >= 15 is 0 Å². The molecule has 1 heterocycles. The van der Waals surface area contributed by atoms with Crippen LogP contribution < -0.4 is 4.74 Å². The van der Waals surface area contributed by atoms with Crippen LogP contribution in [0.1, 0.15) is 13.8 Å². The van der Waals surface area contributed by atoms with Gasteiger partial charge in [-0.3, -0.25) is 0 Å². The van der Waals surface area contributed by atoms with Gasteiger partial charge in [-0.05, 0) is 38.2 Å². The Labute approximate surface area is 123 Å². The number of imidazole rings is 1. The third kappa shape index (κ3) is 3.20. The maximum Gasteiger partial charge on any atom is 0.324 e. The molecule has 1 aromatic carbocycles. The van der Waals surface area contributed by atoms with Crippen molar-refractivity contribution >= 4 is 23.3 Å². The number of benzene rings is 1. The average molecular weight is 322 g/mol. The SMILES string of the molecule is CC(C)Oc1cccc2c1[nH]c(=S)n2CC(F)(F)C(F)F. The number of halogens is 4. The summed E-state index contributed by atoms with van der Waals surface area (Å²) >= 11 is 4.95. The van der Waals surface area contributed by atoms with Crippen LogP contribution >= 0.6 is 12.2 Å². The summed E-state index contributed by atoms with van der Waals surface area (Å²) in [7, 11) is 0. The van der Waals surface area contributed by atoms with E-state index in [-0.39, 0.29) is 10.9 Å². The highest BCUT2D eigenvalue weighted by molar-refractivity contribution is 7.71. The van der Waals surface area contributed by atoms with Crippen molar-refractivity contribution < 1.29 is 22.3 Å². The fraction of sp³-hybridized carbons (Fsp3) is 0.462. The van der Waals surface area contributed by atoms with Gasteiger partial charge >= 0.3 is 12.3 Å². The van der Waals surface area contributed by atoms with Crippen LogP contribution in [0, 0.1) is 4.77 Å². The number of ether oxygens (including phenoxy) is 1. The Morgan fingerprint density at radius 3 is 2.57 bits per heavy atom. The first-order valence-electron chi connectivity index (χ1n) is 6.26. The van der Waals surface area contributed by atoms with Crippen LogP contribution in [0.4, 0.5) is 17.6 Å². The first-order chi connectivity index (χ1) is 9.72. The summed E-state index contributed by atoms with van der Waals surface area (Å²) in [6.07, 6.45) is -3.87. The van der Waals surface area contributed by atoms with E-state index < -0.39 is 18.9 Å². The largest absolute Gasteiger partial charge is 0.489 e. The number of alkyl halides is 4. The molecule has 2 aromatic rings. The maximum atomic E-state index is 13.3. The summed E-state index contributed by atoms with van der Waals surface area (Å²) in [6.45, 7) is 2.44. The van der Waals surface area contributed by atoms with Crippen molar-refractivity contribution in [1.29, 1.82) is 0 Å². The van der Waals surface area contributed by atoms with Crippen molar-refractivity contribution in [2.24, 2.45) is 0 Å². The number of nitrogens with one attached hydrogen (secondary N) is 1. The van der Waals surface area contributed by atoms with E-state index in [1.807, 2.05) is 13.8 Å². The number of aromatic nitrogens is 2. The number of para-hydroxylation sites is 1. The van der Waals surface area contributed by atoms with Gasteiger partial charge in [0.05, 0.1) is 18.2 Å². The number of hydrogen-bond donors (Lipinski definition) is 1. The van der Waals surface area contributed by atoms with Crippen molar-refractivity contribution in [3.05, 3.63) is 23.0 Å². The number of H-pyrrole nitrogens is 1. The Balaban J connectivity index is 2.51. The molecule has 1 N–H and O–H groups in total. The third-order valence-corrected chi connectivity index (χ3v) is 3.15. The van der Waals surface area contributed by atoms with E-state index in [4.69, 9.17) is 17.0 Å². The second kappa shape index (κ2) is 5.67. The molecule has 116 valence electrons. The molecule has 0 aliphatic rings. The third-order valence-electron chi connectivity index (χ3n) is 2.82. The van der Waals surface area contributed by atoms with Gasteiger partial charge in [0.1, 0.15) is 11.3 Å². The molecule has 8 heteroatoms. The highest BCUT2D eigenvalue weighted by Gasteiger charge is 2.41. The smallest absolute Gasteiger partial charge is 0.324 e. The van der Waals surface area contributed by atoms with Gasteiger partial charge < -0.3 is 14.3 Å². The summed E-state index contributed by atoms with van der Waals surface area (Å²) in [5, 5.41) is 0. The second-order valence-corrected chi connectivity index (χ2v) is 5.28. The van der Waals surface area contributed by atoms with Crippen LogP contribution in [0.5, 0.6) is 5.75 Å². The predicted molar refractivity (Wildman–Crippen MR) is 73.8 cm³/mol. The molecule has 0 saturated heterocycles. The fourth-order valence-electron chi connectivity index (χ4n) is 1.94. The molecule has 2 rings (SSSR count). The zero-order valence-corrected chi connectivity index (χ0v) is 12.2. The molecule has 0 spiro atoms. The summed E-state index contributed by atoms with van der Waals surface area (Å²) in [6, 6.07) is 4.78. The quantitative estimate of drug-likeness (QED) is 0.654. The van der Waals surface area contributed by atoms with Crippen LogP contribution in [0.2, 0.25) is 0 Å². The highest BCUT2D eigenvalue weighted by Crippen LogP contribution is 2.30. The Kier molecular flexibility index (Phi) is 4.27. The minimum atomic E-state index is -4.15. The van der Waals surface area contributed by atoms with Crippen molar-refractivity contribution in [2.45, 2.75) is 38.8 Å². The molecule has 0 saturated carbocycles. The van der Waals surface area contributed by atoms with Gasteiger partial charge in [0.2, 0.25) is 0 Å². The number of rotatable bonds is 5. The molecular weight excluding hydrogens is 308 g/mol. The van der Waals surface area contributed by atoms with E-state index in [9.17, 15) is 17.6 Å². The lowest BCUT2D eigenvalue weighted by Crippen LogP contribution is -2.32. The minimum Gasteiger partial charge on any atom is -0.489 e. The van der Waals surface area contributed by atoms with Crippen LogP contribution in [0.25, 0.3) is 11.0 Å². The van der Waals surface area contributed by atoms with Gasteiger partial charge in [-0.25, -0.2) is 8.78 Å². The Morgan fingerprint density at radius 2 is 2.00 bits per heavy atom. The summed E-state index contributed by atoms with van der Waals surface area (Å²) in [5.74, 6) is -3.71. The molecular formula is C13H14F4N2OS. The molecule has 0 amide bonds. The first-order valence-corrected chi connectivity index (χ1v) is 6.67. The Hall–Kier alpha value is -1.57. The summed E-state index contributed by atoms with van der Waals surface area (Å²) < 4.78 is 57.7. The Bertz CT molecular complexity index is 693. The molecule has 3 nitrogen and oxygen atoms in total. The van der Waals surface area contributed by atoms with Crippen molar-refractivity contribution in [3.8, 4) is 5.75 Å². The lowest BCUT2D eigenvalue weighted by molar-refractivity contribution is -0.137. The topological polar surface area (TPSA) is 29.9 Å². The van der Waals surface area contributed by atoms with Crippen molar-refractivity contribution in [3.63, 3.8) is 0 Å². The van der Waals surface area contributed by atoms with Crippen molar-refractivity contribution in [1.82, 2.24) is 9.55 Å². The van der Waals surface area contributed by atoms with E-state index in [0.29, 0.717) is 16.8 Å². The van der Waals surface area contributed by atoms with Gasteiger partial charge in [0, 0.05) is 0 Å². The number of aromatic amines is 1. The van der Waals surface area contributed by atoms with Gasteiger partial charge in [-0.2, -0.15) is 8.78 Å². The zero-order chi connectivity index (χ0) is 15.8. The molecule has 21 heavy (non-hydrogen) atoms. The molecule has 0 unspecified atom stereocenters. The molecule has 0 radical (unpaired) electrons. The highest BCUT2D eigenvalue weighted by atomic mass is 32.1. The lowest BCUT2D eigenvalue weighted by atomic mass is 10.2. The van der Waals surface area contributed by atoms with E-state index in [1.54, 1.807) is 12.1 Å². The van der Waals surface area contributed by atoms with Gasteiger partial charge in [0.15, 0.2) is 4.77 Å². The molecule has 0 aliphatic heterocycles. The molecule has 0 bridgehead atoms. The maximum absolute atomic E-state index is 13.3. The average Bonchev–Trinajstić information content (AvgIpc) is 2.66. The molecule has 0 atom stereocenters. The van der Waals surface area contributed by atoms with Gasteiger partial charge in [-0.15, -0.1) is 0 Å². The predicted octanol–water partition coefficient (Wildman–Crippen LogP) is 4.39. The molecule has 0 aliphatic carbocycles. The Morgan fingerprint density at radius 1 is 1.33 bits per heavy atom. The van der Waals surface area contributed by atoms with Crippen molar-refractivity contribution in [2.75, 3.05) is 0 Å². The van der Waals surface area contributed by atoms with E-state index in [1.165, 1.54) is 6.07 Å². The molecule has 0 fully saturated rings. The minimum absolute atomic E-state index is 0.0508. The van der Waals surface area contributed by atoms with Crippen LogP contribution in [0.15, 0.2) is 18.2 Å². The van der Waals surface area contributed by atoms with Gasteiger partial charge in [-0.1, -0.05) is 6.07 Å². The number of hydrogen-bond acceptors (Lipinski definition) is 2. The lowest BCUT2D eigenvalue weighted by Gasteiger charge is -2.16. The van der Waals surface area contributed by atoms with Crippen LogP contribution in [-0.4, -0.2) is 28.0 Å². The van der Waals surface area contributed by atoms with Gasteiger partial charge in [0.25, 0.3) is 0 Å². The fourth-order valence-corrected chi connectivity index (χ4v) is 2.21. The van der Waals surface area contributed by atoms with Crippen LogP contribution in [0.3, 0.4) is 0 Å². The summed E-state index contributed by atoms with van der Waals surface area (Å²) in [4.78, 5) is 2.74. The zero-order valence-electron chi connectivity index (χ0n) is 11.4. The van der Waals surface area contributed by atoms with E-state index in [0.717, 1.165) is 4.57 Å². The van der Waals surface area contributed by atoms with E-state index in [2.05, 4.69) is 4.98 Å². The monoisotopic (exact) mass is 322 g/mol. The molecule has 1 aromatic heterocycles. The first kappa shape index (κ1) is 15.8.